The number of carbonyl (C=O) groups excluding carboxylic acids is 3. The number of halogens is 1. The van der Waals surface area contributed by atoms with Crippen LogP contribution in [0.1, 0.15) is 34.8 Å². The van der Waals surface area contributed by atoms with Gasteiger partial charge in [-0.15, -0.1) is 0 Å². The summed E-state index contributed by atoms with van der Waals surface area (Å²) in [5.41, 5.74) is 6.46. The summed E-state index contributed by atoms with van der Waals surface area (Å²) >= 11 is 0. The smallest absolute Gasteiger partial charge is 0.404 e. The molecular formula is C23H26FN3O4. The number of nitrogens with one attached hydrogen (secondary N) is 2. The van der Waals surface area contributed by atoms with Gasteiger partial charge in [-0.25, -0.2) is 9.18 Å². The second-order valence-corrected chi connectivity index (χ2v) is 7.94. The van der Waals surface area contributed by atoms with Crippen LogP contribution in [0.15, 0.2) is 48.5 Å². The number of benzene rings is 2. The number of primary amides is 1. The molecule has 3 rings (SSSR count). The molecule has 0 heterocycles. The van der Waals surface area contributed by atoms with E-state index in [4.69, 9.17) is 10.5 Å². The summed E-state index contributed by atoms with van der Waals surface area (Å²) in [6.07, 6.45) is -0.888. The van der Waals surface area contributed by atoms with Crippen LogP contribution in [0.25, 0.3) is 0 Å². The first-order chi connectivity index (χ1) is 14.7. The van der Waals surface area contributed by atoms with Crippen LogP contribution in [-0.2, 0) is 21.4 Å². The quantitative estimate of drug-likeness (QED) is 0.600. The fourth-order valence-corrected chi connectivity index (χ4v) is 3.81. The average Bonchev–Trinajstić information content (AvgIpc) is 3.45. The van der Waals surface area contributed by atoms with E-state index in [2.05, 4.69) is 10.6 Å². The molecule has 1 fully saturated rings. The van der Waals surface area contributed by atoms with E-state index in [1.165, 1.54) is 19.2 Å². The minimum Gasteiger partial charge on any atom is -0.444 e. The maximum Gasteiger partial charge on any atom is 0.404 e. The van der Waals surface area contributed by atoms with Gasteiger partial charge in [-0.1, -0.05) is 43.3 Å². The molecule has 0 radical (unpaired) electrons. The Labute approximate surface area is 180 Å². The van der Waals surface area contributed by atoms with Crippen molar-refractivity contribution in [2.45, 2.75) is 31.3 Å². The number of ether oxygens (including phenoxy) is 1. The Kier molecular flexibility index (Phi) is 6.58. The lowest BCUT2D eigenvalue weighted by Gasteiger charge is -2.18. The van der Waals surface area contributed by atoms with Gasteiger partial charge in [0, 0.05) is 24.8 Å². The Morgan fingerprint density at radius 2 is 1.94 bits per heavy atom. The monoisotopic (exact) mass is 427 g/mol. The van der Waals surface area contributed by atoms with Crippen LogP contribution < -0.4 is 16.4 Å². The van der Waals surface area contributed by atoms with Crippen LogP contribution in [0.3, 0.4) is 0 Å². The normalized spacial score (nSPS) is 20.4. The minimum absolute atomic E-state index is 0.0436. The third-order valence-corrected chi connectivity index (χ3v) is 5.74. The van der Waals surface area contributed by atoms with E-state index in [1.54, 1.807) is 6.07 Å². The molecule has 3 atom stereocenters. The highest BCUT2D eigenvalue weighted by atomic mass is 19.1. The lowest BCUT2D eigenvalue weighted by molar-refractivity contribution is -0.123. The SMILES string of the molecule is CNC(=O)c1ccc(CC(CNC(=O)[C@@H]2C[C@@]2(C)c2ccccc2)OC(N)=O)cc1F. The molecule has 164 valence electrons. The Morgan fingerprint density at radius 1 is 1.23 bits per heavy atom. The van der Waals surface area contributed by atoms with Gasteiger partial charge in [0.05, 0.1) is 12.1 Å². The van der Waals surface area contributed by atoms with Gasteiger partial charge < -0.3 is 21.1 Å². The van der Waals surface area contributed by atoms with Gasteiger partial charge >= 0.3 is 6.09 Å². The summed E-state index contributed by atoms with van der Waals surface area (Å²) < 4.78 is 19.3. The van der Waals surface area contributed by atoms with Gasteiger partial charge in [-0.05, 0) is 29.7 Å². The molecule has 0 spiro atoms. The maximum atomic E-state index is 14.2. The fourth-order valence-electron chi connectivity index (χ4n) is 3.81. The first kappa shape index (κ1) is 22.3. The summed E-state index contributed by atoms with van der Waals surface area (Å²) in [5.74, 6) is -1.53. The van der Waals surface area contributed by atoms with Crippen molar-refractivity contribution >= 4 is 17.9 Å². The molecule has 8 heteroatoms. The van der Waals surface area contributed by atoms with Gasteiger partial charge in [0.25, 0.3) is 5.91 Å². The largest absolute Gasteiger partial charge is 0.444 e. The molecule has 0 saturated heterocycles. The van der Waals surface area contributed by atoms with Crippen molar-refractivity contribution in [2.24, 2.45) is 11.7 Å². The zero-order valence-electron chi connectivity index (χ0n) is 17.5. The summed E-state index contributed by atoms with van der Waals surface area (Å²) in [6.45, 7) is 2.09. The van der Waals surface area contributed by atoms with Gasteiger partial charge in [-0.3, -0.25) is 9.59 Å². The molecule has 1 unspecified atom stereocenters. The van der Waals surface area contributed by atoms with Crippen LogP contribution in [0.5, 0.6) is 0 Å². The third-order valence-electron chi connectivity index (χ3n) is 5.74. The molecule has 31 heavy (non-hydrogen) atoms. The second-order valence-electron chi connectivity index (χ2n) is 7.94. The molecule has 7 nitrogen and oxygen atoms in total. The molecule has 0 bridgehead atoms. The van der Waals surface area contributed by atoms with Crippen LogP contribution >= 0.6 is 0 Å². The van der Waals surface area contributed by atoms with Gasteiger partial charge in [0.2, 0.25) is 5.91 Å². The topological polar surface area (TPSA) is 111 Å². The molecule has 1 aliphatic rings. The van der Waals surface area contributed by atoms with Crippen molar-refractivity contribution in [1.82, 2.24) is 10.6 Å². The Balaban J connectivity index is 1.62. The lowest BCUT2D eigenvalue weighted by Crippen LogP contribution is -2.38. The maximum absolute atomic E-state index is 14.2. The van der Waals surface area contributed by atoms with Crippen molar-refractivity contribution in [3.05, 3.63) is 71.0 Å². The summed E-state index contributed by atoms with van der Waals surface area (Å²) in [7, 11) is 1.41. The van der Waals surface area contributed by atoms with E-state index in [9.17, 15) is 18.8 Å². The van der Waals surface area contributed by atoms with Crippen LogP contribution in [0.4, 0.5) is 9.18 Å². The number of amides is 3. The van der Waals surface area contributed by atoms with Gasteiger partial charge in [0.15, 0.2) is 0 Å². The summed E-state index contributed by atoms with van der Waals surface area (Å²) in [5, 5.41) is 5.18. The number of rotatable bonds is 8. The first-order valence-corrected chi connectivity index (χ1v) is 10.0. The number of nitrogens with two attached hydrogens (primary N) is 1. The van der Waals surface area contributed by atoms with Crippen molar-refractivity contribution in [3.8, 4) is 0 Å². The number of hydrogen-bond donors (Lipinski definition) is 3. The fraction of sp³-hybridized carbons (Fsp3) is 0.348. The predicted molar refractivity (Wildman–Crippen MR) is 113 cm³/mol. The average molecular weight is 427 g/mol. The van der Waals surface area contributed by atoms with E-state index < -0.39 is 23.9 Å². The highest BCUT2D eigenvalue weighted by Gasteiger charge is 2.55. The van der Waals surface area contributed by atoms with E-state index in [0.717, 1.165) is 12.0 Å². The zero-order valence-corrected chi connectivity index (χ0v) is 17.5. The number of carbonyl (C=O) groups is 3. The summed E-state index contributed by atoms with van der Waals surface area (Å²) in [6, 6.07) is 14.0. The molecule has 4 N–H and O–H groups in total. The highest BCUT2D eigenvalue weighted by molar-refractivity contribution is 5.94. The number of hydrogen-bond acceptors (Lipinski definition) is 4. The lowest BCUT2D eigenvalue weighted by atomic mass is 9.95. The van der Waals surface area contributed by atoms with Crippen molar-refractivity contribution in [2.75, 3.05) is 13.6 Å². The molecule has 0 aromatic heterocycles. The molecule has 3 amide bonds. The molecule has 0 aliphatic heterocycles. The van der Waals surface area contributed by atoms with Crippen LogP contribution in [0.2, 0.25) is 0 Å². The Hall–Kier alpha value is -3.42. The molecule has 2 aromatic rings. The van der Waals surface area contributed by atoms with Crippen LogP contribution in [0, 0.1) is 11.7 Å². The molecule has 1 aliphatic carbocycles. The minimum atomic E-state index is -0.984. The van der Waals surface area contributed by atoms with Crippen LogP contribution in [-0.4, -0.2) is 37.6 Å². The van der Waals surface area contributed by atoms with Crippen molar-refractivity contribution in [1.29, 1.82) is 0 Å². The third kappa shape index (κ3) is 5.20. The van der Waals surface area contributed by atoms with E-state index in [1.807, 2.05) is 37.3 Å². The first-order valence-electron chi connectivity index (χ1n) is 10.0. The van der Waals surface area contributed by atoms with Gasteiger partial charge in [0.1, 0.15) is 11.9 Å². The van der Waals surface area contributed by atoms with Crippen molar-refractivity contribution in [3.63, 3.8) is 0 Å². The Bertz CT molecular complexity index is 982. The predicted octanol–water partition coefficient (Wildman–Crippen LogP) is 2.29. The zero-order chi connectivity index (χ0) is 22.6. The molecule has 2 aromatic carbocycles. The summed E-state index contributed by atoms with van der Waals surface area (Å²) in [4.78, 5) is 35.6. The molecule has 1 saturated carbocycles. The highest BCUT2D eigenvalue weighted by Crippen LogP contribution is 2.53. The second kappa shape index (κ2) is 9.16. The van der Waals surface area contributed by atoms with E-state index in [0.29, 0.717) is 5.56 Å². The van der Waals surface area contributed by atoms with E-state index in [-0.39, 0.29) is 35.8 Å². The van der Waals surface area contributed by atoms with E-state index >= 15 is 0 Å². The Morgan fingerprint density at radius 3 is 2.55 bits per heavy atom. The van der Waals surface area contributed by atoms with Crippen molar-refractivity contribution < 1.29 is 23.5 Å². The van der Waals surface area contributed by atoms with Gasteiger partial charge in [-0.2, -0.15) is 0 Å². The molecular weight excluding hydrogens is 401 g/mol. The standard InChI is InChI=1S/C23H26FN3O4/c1-23(15-6-4-3-5-7-15)12-18(23)21(29)27-13-16(31-22(25)30)10-14-8-9-17(19(24)11-14)20(28)26-2/h3-9,11,16,18H,10,12-13H2,1-2H3,(H2,25,30)(H,26,28)(H,27,29)/t16?,18-,23-/m0/s1.